The third kappa shape index (κ3) is 9.55. The van der Waals surface area contributed by atoms with Gasteiger partial charge >= 0.3 is 19.9 Å². The summed E-state index contributed by atoms with van der Waals surface area (Å²) in [5.41, 5.74) is 5.03. The lowest BCUT2D eigenvalue weighted by atomic mass is 10.2. The lowest BCUT2D eigenvalue weighted by Gasteiger charge is -2.06. The van der Waals surface area contributed by atoms with E-state index in [-0.39, 0.29) is 11.8 Å². The second kappa shape index (κ2) is 18.8. The van der Waals surface area contributed by atoms with Crippen molar-refractivity contribution in [3.63, 3.8) is 0 Å². The molecule has 56 heavy (non-hydrogen) atoms. The van der Waals surface area contributed by atoms with Crippen molar-refractivity contribution in [3.05, 3.63) is 133 Å². The fourth-order valence-corrected chi connectivity index (χ4v) is 10.7. The zero-order chi connectivity index (χ0) is 39.8. The molecule has 0 saturated heterocycles. The van der Waals surface area contributed by atoms with Crippen LogP contribution in [0.2, 0.25) is 0 Å². The number of para-hydroxylation sites is 3. The smallest absolute Gasteiger partial charge is 0.387 e. The minimum Gasteiger partial charge on any atom is -0.709 e. The van der Waals surface area contributed by atoms with Gasteiger partial charge in [-0.25, -0.2) is 13.0 Å². The zero-order valence-electron chi connectivity index (χ0n) is 29.1. The molecule has 0 aliphatic rings. The van der Waals surface area contributed by atoms with Crippen LogP contribution in [0, 0.1) is 15.3 Å². The van der Waals surface area contributed by atoms with Crippen molar-refractivity contribution in [1.82, 2.24) is 9.13 Å². The van der Waals surface area contributed by atoms with Gasteiger partial charge in [-0.1, -0.05) is 89.4 Å². The molecule has 8 aromatic rings. The molecule has 0 aliphatic heterocycles. The minimum atomic E-state index is -1.96. The Kier molecular flexibility index (Phi) is 13.7. The SMILES string of the molecule is C[n+]1c(N=c2sc3ccccc3n2CS(=O)O[O-])sc2ccccc21.Cn1c(-c2ccccc2)csc1=Nc1sc2ccccc2[n+]1CS(=O)O[O-].O=[N+]([O-])[O-]. The molecule has 0 spiro atoms. The van der Waals surface area contributed by atoms with Gasteiger partial charge < -0.3 is 34.5 Å². The predicted octanol–water partition coefficient (Wildman–Crippen LogP) is 4.05. The van der Waals surface area contributed by atoms with Gasteiger partial charge in [0.1, 0.15) is 16.9 Å². The lowest BCUT2D eigenvalue weighted by Crippen LogP contribution is -2.36. The van der Waals surface area contributed by atoms with Gasteiger partial charge in [-0.2, -0.15) is 4.57 Å². The number of hydrogen-bond acceptors (Lipinski definition) is 15. The summed E-state index contributed by atoms with van der Waals surface area (Å²) in [6.07, 6.45) is 0. The number of thiazole rings is 4. The molecule has 4 heterocycles. The molecule has 4 aromatic heterocycles. The van der Waals surface area contributed by atoms with Crippen molar-refractivity contribution in [3.8, 4) is 11.3 Å². The summed E-state index contributed by atoms with van der Waals surface area (Å²) < 4.78 is 41.5. The van der Waals surface area contributed by atoms with Crippen LogP contribution in [0.4, 0.5) is 10.3 Å². The first kappa shape index (κ1) is 40.8. The maximum atomic E-state index is 11.7. The fraction of sp³-hybridized carbons (Fsp3) is 0.118. The summed E-state index contributed by atoms with van der Waals surface area (Å²) in [5.74, 6) is -0.117. The quantitative estimate of drug-likeness (QED) is 0.0887. The van der Waals surface area contributed by atoms with Crippen LogP contribution in [0.3, 0.4) is 0 Å². The van der Waals surface area contributed by atoms with Crippen molar-refractivity contribution in [2.75, 3.05) is 0 Å². The highest BCUT2D eigenvalue weighted by molar-refractivity contribution is 7.79. The van der Waals surface area contributed by atoms with Crippen LogP contribution in [0.25, 0.3) is 41.9 Å². The summed E-state index contributed by atoms with van der Waals surface area (Å²) in [7, 11) is 3.93. The third-order valence-electron chi connectivity index (χ3n) is 7.89. The molecule has 290 valence electrons. The number of aryl methyl sites for hydroxylation is 1. The molecule has 2 unspecified atom stereocenters. The Hall–Kier alpha value is -4.88. The van der Waals surface area contributed by atoms with Crippen LogP contribution in [-0.4, -0.2) is 22.6 Å². The van der Waals surface area contributed by atoms with Crippen molar-refractivity contribution in [1.29, 1.82) is 0 Å². The maximum Gasteiger partial charge on any atom is 0.387 e. The number of aromatic nitrogens is 4. The molecule has 0 amide bonds. The van der Waals surface area contributed by atoms with Gasteiger partial charge in [-0.15, -0.1) is 0 Å². The number of nitrogens with zero attached hydrogens (tertiary/aromatic N) is 7. The highest BCUT2D eigenvalue weighted by atomic mass is 32.2. The van der Waals surface area contributed by atoms with E-state index in [2.05, 4.69) is 32.2 Å². The summed E-state index contributed by atoms with van der Waals surface area (Å²) >= 11 is 2.17. The van der Waals surface area contributed by atoms with Crippen LogP contribution in [0.5, 0.6) is 0 Å². The Bertz CT molecular complexity index is 2820. The van der Waals surface area contributed by atoms with Gasteiger partial charge in [0.15, 0.2) is 28.0 Å². The molecule has 16 nitrogen and oxygen atoms in total. The minimum absolute atomic E-state index is 0.0546. The van der Waals surface area contributed by atoms with E-state index in [0.717, 1.165) is 51.8 Å². The van der Waals surface area contributed by atoms with E-state index in [0.29, 0.717) is 9.93 Å². The van der Waals surface area contributed by atoms with E-state index in [1.165, 1.54) is 34.0 Å². The molecule has 0 fully saturated rings. The highest BCUT2D eigenvalue weighted by Crippen LogP contribution is 2.28. The molecule has 4 aromatic carbocycles. The van der Waals surface area contributed by atoms with Gasteiger partial charge in [0.2, 0.25) is 0 Å². The molecule has 0 bridgehead atoms. The number of benzene rings is 4. The first-order chi connectivity index (χ1) is 27.1. The Balaban J connectivity index is 0.000000174. The van der Waals surface area contributed by atoms with E-state index < -0.39 is 27.2 Å². The van der Waals surface area contributed by atoms with Crippen molar-refractivity contribution < 1.29 is 41.8 Å². The van der Waals surface area contributed by atoms with E-state index >= 15 is 0 Å². The lowest BCUT2D eigenvalue weighted by molar-refractivity contribution is -0.654. The molecule has 22 heteroatoms. The van der Waals surface area contributed by atoms with Crippen LogP contribution in [0.15, 0.2) is 118 Å². The average Bonchev–Trinajstić information content (AvgIpc) is 3.94. The second-order valence-electron chi connectivity index (χ2n) is 11.2. The van der Waals surface area contributed by atoms with E-state index in [1.54, 1.807) is 20.5 Å². The molecule has 0 aliphatic carbocycles. The van der Waals surface area contributed by atoms with E-state index in [9.17, 15) is 18.9 Å². The highest BCUT2D eigenvalue weighted by Gasteiger charge is 2.22. The number of rotatable bonds is 9. The molecule has 2 atom stereocenters. The Morgan fingerprint density at radius 2 is 1.29 bits per heavy atom. The Morgan fingerprint density at radius 1 is 0.732 bits per heavy atom. The van der Waals surface area contributed by atoms with Crippen LogP contribution < -0.4 is 29.3 Å². The fourth-order valence-electron chi connectivity index (χ4n) is 5.41. The topological polar surface area (TPSA) is 207 Å². The first-order valence-corrected chi connectivity index (χ1v) is 21.7. The largest absolute Gasteiger partial charge is 0.709 e. The van der Waals surface area contributed by atoms with Crippen LogP contribution in [0.1, 0.15) is 0 Å². The summed E-state index contributed by atoms with van der Waals surface area (Å²) in [5, 5.41) is 39.3. The summed E-state index contributed by atoms with van der Waals surface area (Å²) in [6, 6.07) is 33.6. The third-order valence-corrected chi connectivity index (χ3v) is 13.3. The maximum absolute atomic E-state index is 11.7. The molecular weight excluding hydrogens is 843 g/mol. The van der Waals surface area contributed by atoms with Gasteiger partial charge in [-0.3, -0.25) is 9.13 Å². The first-order valence-electron chi connectivity index (χ1n) is 15.9. The Labute approximate surface area is 337 Å². The standard InChI is InChI=1S/C18H15N3O3S3.C16H13N3O3S3.NO3/c1-20-15(13-7-3-2-4-8-13)11-25-17(20)19-18-21(12-27(23)24-22)14-9-5-6-10-16(14)26-18;1-18-11-6-2-4-8-13(11)23-15(18)17-16-19(10-25(21)22-20)12-7-3-5-9-14(12)24-16;2-1(3)4/h2-11H,12H2,1H3;2-9H,10H2,1H3;/q;;-1. The zero-order valence-corrected chi connectivity index (χ0v) is 34.0. The van der Waals surface area contributed by atoms with Gasteiger partial charge in [-0.05, 0) is 64.6 Å². The normalized spacial score (nSPS) is 13.0. The van der Waals surface area contributed by atoms with Crippen LogP contribution in [-0.2, 0) is 56.7 Å². The van der Waals surface area contributed by atoms with Gasteiger partial charge in [0.25, 0.3) is 0 Å². The molecule has 0 radical (unpaired) electrons. The van der Waals surface area contributed by atoms with Crippen molar-refractivity contribution in [2.24, 2.45) is 24.1 Å². The molecular formula is C34H28N7O9S6-. The average molecular weight is 871 g/mol. The number of fused-ring (bicyclic) bond motifs is 3. The van der Waals surface area contributed by atoms with Crippen molar-refractivity contribution in [2.45, 2.75) is 11.8 Å². The molecule has 0 N–H and O–H groups in total. The summed E-state index contributed by atoms with van der Waals surface area (Å²) in [6.45, 7) is 0. The van der Waals surface area contributed by atoms with E-state index in [4.69, 9.17) is 25.3 Å². The van der Waals surface area contributed by atoms with Crippen LogP contribution >= 0.6 is 45.3 Å². The van der Waals surface area contributed by atoms with Gasteiger partial charge in [0, 0.05) is 22.4 Å². The monoisotopic (exact) mass is 870 g/mol. The van der Waals surface area contributed by atoms with E-state index in [1.807, 2.05) is 108 Å². The Morgan fingerprint density at radius 3 is 1.95 bits per heavy atom. The van der Waals surface area contributed by atoms with Gasteiger partial charge in [0.05, 0.1) is 37.4 Å². The molecule has 8 rings (SSSR count). The summed E-state index contributed by atoms with van der Waals surface area (Å²) in [4.78, 5) is 19.3. The number of hydrogen-bond donors (Lipinski definition) is 0. The second-order valence-corrected chi connectivity index (χ2v) is 17.1. The molecule has 0 saturated carbocycles. The predicted molar refractivity (Wildman–Crippen MR) is 213 cm³/mol. The van der Waals surface area contributed by atoms with Crippen molar-refractivity contribution >= 4 is 108 Å².